The number of anilines is 1. The minimum absolute atomic E-state index is 0.130. The van der Waals surface area contributed by atoms with Gasteiger partial charge in [-0.2, -0.15) is 0 Å². The molecular formula is C21H22ClFN2O4. The van der Waals surface area contributed by atoms with Crippen molar-refractivity contribution in [2.45, 2.75) is 44.8 Å². The van der Waals surface area contributed by atoms with Gasteiger partial charge in [0.15, 0.2) is 5.78 Å². The molecule has 0 unspecified atom stereocenters. The zero-order valence-electron chi connectivity index (χ0n) is 16.6. The van der Waals surface area contributed by atoms with Crippen molar-refractivity contribution in [2.24, 2.45) is 0 Å². The van der Waals surface area contributed by atoms with Crippen LogP contribution in [0.3, 0.4) is 0 Å². The molecule has 1 saturated heterocycles. The van der Waals surface area contributed by atoms with Crippen molar-refractivity contribution in [1.29, 1.82) is 0 Å². The zero-order chi connectivity index (χ0) is 21.3. The van der Waals surface area contributed by atoms with Gasteiger partial charge in [0.2, 0.25) is 0 Å². The number of methoxy groups -OCH3 is 1. The molecule has 154 valence electrons. The number of ether oxygens (including phenoxy) is 2. The van der Waals surface area contributed by atoms with E-state index >= 15 is 0 Å². The van der Waals surface area contributed by atoms with Crippen LogP contribution in [0.1, 0.15) is 49.2 Å². The summed E-state index contributed by atoms with van der Waals surface area (Å²) in [6.07, 6.45) is 1.11. The first kappa shape index (κ1) is 21.2. The van der Waals surface area contributed by atoms with Gasteiger partial charge in [0.1, 0.15) is 28.4 Å². The van der Waals surface area contributed by atoms with E-state index < -0.39 is 23.4 Å². The van der Waals surface area contributed by atoms with E-state index in [1.165, 1.54) is 32.4 Å². The van der Waals surface area contributed by atoms with Crippen molar-refractivity contribution >= 4 is 29.0 Å². The van der Waals surface area contributed by atoms with Crippen molar-refractivity contribution in [3.05, 3.63) is 52.6 Å². The molecule has 6 nitrogen and oxygen atoms in total. The average Bonchev–Trinajstić information content (AvgIpc) is 2.99. The summed E-state index contributed by atoms with van der Waals surface area (Å²) >= 11 is 6.07. The Labute approximate surface area is 173 Å². The van der Waals surface area contributed by atoms with Crippen molar-refractivity contribution < 1.29 is 23.5 Å². The predicted octanol–water partition coefficient (Wildman–Crippen LogP) is 4.38. The molecule has 0 radical (unpaired) electrons. The predicted molar refractivity (Wildman–Crippen MR) is 107 cm³/mol. The first-order valence-electron chi connectivity index (χ1n) is 9.10. The van der Waals surface area contributed by atoms with Crippen LogP contribution in [-0.4, -0.2) is 35.5 Å². The highest BCUT2D eigenvalue weighted by atomic mass is 35.5. The van der Waals surface area contributed by atoms with Crippen molar-refractivity contribution in [1.82, 2.24) is 4.98 Å². The Morgan fingerprint density at radius 1 is 1.34 bits per heavy atom. The summed E-state index contributed by atoms with van der Waals surface area (Å²) in [5, 5.41) is 2.65. The topological polar surface area (TPSA) is 77.5 Å². The lowest BCUT2D eigenvalue weighted by Crippen LogP contribution is -2.33. The van der Waals surface area contributed by atoms with Gasteiger partial charge < -0.3 is 14.8 Å². The van der Waals surface area contributed by atoms with Crippen LogP contribution in [0.4, 0.5) is 10.1 Å². The fourth-order valence-electron chi connectivity index (χ4n) is 3.58. The van der Waals surface area contributed by atoms with Gasteiger partial charge in [0.25, 0.3) is 5.91 Å². The van der Waals surface area contributed by atoms with Gasteiger partial charge in [0.05, 0.1) is 12.7 Å². The second kappa shape index (κ2) is 8.08. The molecule has 1 fully saturated rings. The van der Waals surface area contributed by atoms with Crippen molar-refractivity contribution in [3.8, 4) is 5.75 Å². The van der Waals surface area contributed by atoms with Gasteiger partial charge in [-0.25, -0.2) is 4.39 Å². The van der Waals surface area contributed by atoms with Crippen LogP contribution in [0.2, 0.25) is 5.02 Å². The quantitative estimate of drug-likeness (QED) is 0.726. The summed E-state index contributed by atoms with van der Waals surface area (Å²) in [5.41, 5.74) is 0.704. The normalized spacial score (nSPS) is 20.3. The third-order valence-corrected chi connectivity index (χ3v) is 5.21. The minimum Gasteiger partial charge on any atom is -0.495 e. The van der Waals surface area contributed by atoms with Gasteiger partial charge in [-0.1, -0.05) is 17.7 Å². The largest absolute Gasteiger partial charge is 0.495 e. The molecule has 2 aromatic rings. The van der Waals surface area contributed by atoms with Gasteiger partial charge in [0, 0.05) is 30.3 Å². The van der Waals surface area contributed by atoms with E-state index in [0.29, 0.717) is 17.7 Å². The standard InChI is InChI=1S/C21H22ClFN2O4/c1-11(26)16-9-12(7-8-24-16)25-20(27)19-14(10-21(2,3)29-19)13-5-6-15(23)17(22)18(13)28-4/h5-9,14,19H,10H2,1-4H3,(H,24,25,27)/t14-,19-/m1/s1. The Balaban J connectivity index is 1.93. The van der Waals surface area contributed by atoms with E-state index in [1.54, 1.807) is 12.1 Å². The number of aromatic nitrogens is 1. The maximum absolute atomic E-state index is 13.9. The van der Waals surface area contributed by atoms with Crippen molar-refractivity contribution in [3.63, 3.8) is 0 Å². The Hall–Kier alpha value is -2.51. The Kier molecular flexibility index (Phi) is 5.91. The second-order valence-corrected chi connectivity index (χ2v) is 7.95. The number of nitrogens with zero attached hydrogens (tertiary/aromatic N) is 1. The van der Waals surface area contributed by atoms with Crippen LogP contribution in [0.25, 0.3) is 0 Å². The van der Waals surface area contributed by atoms with Crippen LogP contribution < -0.4 is 10.1 Å². The molecule has 1 aromatic carbocycles. The van der Waals surface area contributed by atoms with Crippen LogP contribution in [0, 0.1) is 5.82 Å². The van der Waals surface area contributed by atoms with E-state index in [4.69, 9.17) is 21.1 Å². The molecule has 29 heavy (non-hydrogen) atoms. The van der Waals surface area contributed by atoms with E-state index in [0.717, 1.165) is 0 Å². The van der Waals surface area contributed by atoms with Crippen LogP contribution in [0.5, 0.6) is 5.75 Å². The molecule has 1 aliphatic heterocycles. The molecule has 2 atom stereocenters. The lowest BCUT2D eigenvalue weighted by molar-refractivity contribution is -0.130. The average molecular weight is 421 g/mol. The molecular weight excluding hydrogens is 399 g/mol. The first-order chi connectivity index (χ1) is 13.6. The number of hydrogen-bond donors (Lipinski definition) is 1. The number of ketones is 1. The lowest BCUT2D eigenvalue weighted by Gasteiger charge is -2.21. The molecule has 3 rings (SSSR count). The number of halogens is 2. The monoisotopic (exact) mass is 420 g/mol. The van der Waals surface area contributed by atoms with E-state index in [1.807, 2.05) is 13.8 Å². The molecule has 1 amide bonds. The SMILES string of the molecule is COc1c([C@H]2CC(C)(C)O[C@H]2C(=O)Nc2ccnc(C(C)=O)c2)ccc(F)c1Cl. The summed E-state index contributed by atoms with van der Waals surface area (Å²) < 4.78 is 25.2. The number of Topliss-reactive ketones (excluding diaryl/α,β-unsaturated/α-hetero) is 1. The fraction of sp³-hybridized carbons (Fsp3) is 0.381. The van der Waals surface area contributed by atoms with E-state index in [9.17, 15) is 14.0 Å². The number of carbonyl (C=O) groups excluding carboxylic acids is 2. The molecule has 1 aromatic heterocycles. The summed E-state index contributed by atoms with van der Waals surface area (Å²) in [6.45, 7) is 5.16. The number of carbonyl (C=O) groups is 2. The second-order valence-electron chi connectivity index (χ2n) is 7.57. The first-order valence-corrected chi connectivity index (χ1v) is 9.48. The third-order valence-electron chi connectivity index (χ3n) is 4.85. The zero-order valence-corrected chi connectivity index (χ0v) is 17.3. The molecule has 1 N–H and O–H groups in total. The number of rotatable bonds is 5. The lowest BCUT2D eigenvalue weighted by atomic mass is 9.87. The maximum atomic E-state index is 13.9. The van der Waals surface area contributed by atoms with Crippen LogP contribution in [-0.2, 0) is 9.53 Å². The highest BCUT2D eigenvalue weighted by Gasteiger charge is 2.46. The molecule has 0 saturated carbocycles. The molecule has 0 spiro atoms. The molecule has 2 heterocycles. The summed E-state index contributed by atoms with van der Waals surface area (Å²) in [7, 11) is 1.40. The van der Waals surface area contributed by atoms with Gasteiger partial charge in [-0.15, -0.1) is 0 Å². The van der Waals surface area contributed by atoms with Gasteiger partial charge in [-0.3, -0.25) is 14.6 Å². The number of hydrogen-bond acceptors (Lipinski definition) is 5. The summed E-state index contributed by atoms with van der Waals surface area (Å²) in [4.78, 5) is 28.5. The van der Waals surface area contributed by atoms with Crippen LogP contribution in [0.15, 0.2) is 30.5 Å². The highest BCUT2D eigenvalue weighted by Crippen LogP contribution is 2.46. The Bertz CT molecular complexity index is 964. The number of nitrogens with one attached hydrogen (secondary N) is 1. The van der Waals surface area contributed by atoms with Crippen LogP contribution >= 0.6 is 11.6 Å². The number of benzene rings is 1. The molecule has 8 heteroatoms. The smallest absolute Gasteiger partial charge is 0.254 e. The molecule has 0 aliphatic carbocycles. The summed E-state index contributed by atoms with van der Waals surface area (Å²) in [6, 6.07) is 5.91. The molecule has 1 aliphatic rings. The van der Waals surface area contributed by atoms with Crippen molar-refractivity contribution in [2.75, 3.05) is 12.4 Å². The van der Waals surface area contributed by atoms with E-state index in [-0.39, 0.29) is 28.2 Å². The summed E-state index contributed by atoms with van der Waals surface area (Å²) in [5.74, 6) is -1.39. The fourth-order valence-corrected chi connectivity index (χ4v) is 3.83. The van der Waals surface area contributed by atoms with Gasteiger partial charge in [-0.05, 0) is 38.5 Å². The van der Waals surface area contributed by atoms with Gasteiger partial charge >= 0.3 is 0 Å². The number of amides is 1. The molecule has 0 bridgehead atoms. The van der Waals surface area contributed by atoms with E-state index in [2.05, 4.69) is 10.3 Å². The third kappa shape index (κ3) is 4.41. The Morgan fingerprint density at radius 2 is 2.07 bits per heavy atom. The minimum atomic E-state index is -0.852. The maximum Gasteiger partial charge on any atom is 0.254 e. The highest BCUT2D eigenvalue weighted by molar-refractivity contribution is 6.32. The number of pyridine rings is 1. The Morgan fingerprint density at radius 3 is 2.72 bits per heavy atom.